The number of fused-ring (bicyclic) bond motifs is 1. The minimum atomic E-state index is -1.37. The molecule has 7 nitrogen and oxygen atoms in total. The smallest absolute Gasteiger partial charge is 0.329 e. The van der Waals surface area contributed by atoms with E-state index in [-0.39, 0.29) is 17.8 Å². The maximum Gasteiger partial charge on any atom is 0.329 e. The van der Waals surface area contributed by atoms with Gasteiger partial charge in [0.25, 0.3) is 5.91 Å². The quantitative estimate of drug-likeness (QED) is 0.255. The first-order valence-corrected chi connectivity index (χ1v) is 6.37. The Balaban J connectivity index is 2.30. The van der Waals surface area contributed by atoms with Crippen LogP contribution in [0.4, 0.5) is 0 Å². The number of morpholine rings is 1. The molecule has 0 saturated carbocycles. The molecular formula is C9H11BrN4O3. The van der Waals surface area contributed by atoms with Gasteiger partial charge >= 0.3 is 5.97 Å². The van der Waals surface area contributed by atoms with Gasteiger partial charge in [-0.25, -0.2) is 4.79 Å². The van der Waals surface area contributed by atoms with Crippen molar-refractivity contribution in [3.63, 3.8) is 0 Å². The molecule has 0 N–H and O–H groups in total. The molecule has 0 aromatic carbocycles. The molecule has 2 aliphatic rings. The number of cyclic esters (lactones) is 1. The lowest BCUT2D eigenvalue weighted by Gasteiger charge is -2.40. The van der Waals surface area contributed by atoms with E-state index in [2.05, 4.69) is 26.0 Å². The molecule has 8 heteroatoms. The van der Waals surface area contributed by atoms with Gasteiger partial charge in [-0.15, -0.1) is 0 Å². The number of hydrogen-bond donors (Lipinski definition) is 0. The molecule has 0 aromatic heterocycles. The molecule has 17 heavy (non-hydrogen) atoms. The lowest BCUT2D eigenvalue weighted by molar-refractivity contribution is -0.186. The summed E-state index contributed by atoms with van der Waals surface area (Å²) in [5.41, 5.74) is 6.95. The minimum Gasteiger partial charge on any atom is -0.446 e. The Bertz CT molecular complexity index is 409. The van der Waals surface area contributed by atoms with Crippen molar-refractivity contribution in [3.8, 4) is 0 Å². The average Bonchev–Trinajstić information content (AvgIpc) is 2.82. The van der Waals surface area contributed by atoms with Crippen molar-refractivity contribution in [1.29, 1.82) is 0 Å². The van der Waals surface area contributed by atoms with Crippen LogP contribution in [0.25, 0.3) is 10.4 Å². The van der Waals surface area contributed by atoms with Crippen LogP contribution < -0.4 is 0 Å². The van der Waals surface area contributed by atoms with E-state index in [1.165, 1.54) is 4.90 Å². The second kappa shape index (κ2) is 4.54. The third-order valence-corrected chi connectivity index (χ3v) is 3.98. The van der Waals surface area contributed by atoms with Crippen LogP contribution in [0.5, 0.6) is 0 Å². The lowest BCUT2D eigenvalue weighted by atomic mass is 10.0. The summed E-state index contributed by atoms with van der Waals surface area (Å²) in [6, 6.07) is -0.458. The molecule has 0 aliphatic carbocycles. The number of amides is 1. The van der Waals surface area contributed by atoms with E-state index < -0.39 is 17.6 Å². The lowest BCUT2D eigenvalue weighted by Crippen LogP contribution is -2.63. The van der Waals surface area contributed by atoms with Crippen LogP contribution in [-0.2, 0) is 14.3 Å². The van der Waals surface area contributed by atoms with Crippen LogP contribution in [0.1, 0.15) is 12.8 Å². The largest absolute Gasteiger partial charge is 0.446 e. The molecule has 92 valence electrons. The van der Waals surface area contributed by atoms with Gasteiger partial charge in [-0.3, -0.25) is 4.79 Å². The monoisotopic (exact) mass is 302 g/mol. The minimum absolute atomic E-state index is 0.132. The van der Waals surface area contributed by atoms with E-state index >= 15 is 0 Å². The summed E-state index contributed by atoms with van der Waals surface area (Å²) in [7, 11) is 0. The van der Waals surface area contributed by atoms with Crippen molar-refractivity contribution < 1.29 is 14.3 Å². The maximum atomic E-state index is 12.2. The number of rotatable bonds is 3. The fourth-order valence-corrected chi connectivity index (χ4v) is 2.72. The molecule has 2 aliphatic heterocycles. The number of halogens is 1. The first-order valence-electron chi connectivity index (χ1n) is 5.25. The van der Waals surface area contributed by atoms with Crippen molar-refractivity contribution in [2.24, 2.45) is 5.11 Å². The van der Waals surface area contributed by atoms with Gasteiger partial charge in [0, 0.05) is 11.5 Å². The van der Waals surface area contributed by atoms with E-state index in [9.17, 15) is 9.59 Å². The fraction of sp³-hybridized carbons (Fsp3) is 0.778. The number of alkyl halides is 1. The van der Waals surface area contributed by atoms with Gasteiger partial charge in [-0.05, 0) is 18.4 Å². The predicted molar refractivity (Wildman–Crippen MR) is 61.4 cm³/mol. The van der Waals surface area contributed by atoms with Crippen LogP contribution in [0, 0.1) is 0 Å². The van der Waals surface area contributed by atoms with Crippen molar-refractivity contribution in [2.75, 3.05) is 18.4 Å². The summed E-state index contributed by atoms with van der Waals surface area (Å²) in [6.07, 6.45) is 1.44. The van der Waals surface area contributed by atoms with Gasteiger partial charge in [-0.1, -0.05) is 21.0 Å². The molecule has 0 aromatic rings. The van der Waals surface area contributed by atoms with Gasteiger partial charge in [-0.2, -0.15) is 0 Å². The standard InChI is InChI=1S/C9H11BrN4O3/c10-4-9(5-12-13-11)8(16)14-3-1-2-6(14)7(15)17-9/h6H,1-5H2/t6-,9+/m1/s1. The summed E-state index contributed by atoms with van der Waals surface area (Å²) >= 11 is 3.16. The third-order valence-electron chi connectivity index (χ3n) is 3.08. The number of esters is 1. The Morgan fingerprint density at radius 1 is 1.65 bits per heavy atom. The highest BCUT2D eigenvalue weighted by Crippen LogP contribution is 2.32. The molecule has 0 spiro atoms. The fourth-order valence-electron chi connectivity index (χ4n) is 2.19. The summed E-state index contributed by atoms with van der Waals surface area (Å²) in [5, 5.41) is 3.50. The van der Waals surface area contributed by atoms with E-state index in [4.69, 9.17) is 10.3 Å². The predicted octanol–water partition coefficient (Wildman–Crippen LogP) is 0.978. The van der Waals surface area contributed by atoms with E-state index in [1.54, 1.807) is 0 Å². The van der Waals surface area contributed by atoms with Crippen LogP contribution in [0.3, 0.4) is 0 Å². The van der Waals surface area contributed by atoms with Gasteiger partial charge in [0.05, 0.1) is 11.9 Å². The summed E-state index contributed by atoms with van der Waals surface area (Å²) in [6.45, 7) is 0.381. The van der Waals surface area contributed by atoms with Crippen LogP contribution in [-0.4, -0.2) is 46.8 Å². The number of carbonyl (C=O) groups is 2. The normalized spacial score (nSPS) is 31.8. The molecule has 0 bridgehead atoms. The molecule has 2 atom stereocenters. The Kier molecular flexibility index (Phi) is 3.26. The number of azide groups is 1. The molecule has 2 heterocycles. The van der Waals surface area contributed by atoms with E-state index in [0.29, 0.717) is 13.0 Å². The van der Waals surface area contributed by atoms with Crippen molar-refractivity contribution in [3.05, 3.63) is 10.4 Å². The molecule has 2 rings (SSSR count). The zero-order chi connectivity index (χ0) is 12.5. The Morgan fingerprint density at radius 3 is 3.06 bits per heavy atom. The topological polar surface area (TPSA) is 95.4 Å². The second-order valence-corrected chi connectivity index (χ2v) is 4.66. The first kappa shape index (κ1) is 12.2. The maximum absolute atomic E-state index is 12.2. The number of ether oxygens (including phenoxy) is 1. The molecule has 2 saturated heterocycles. The van der Waals surface area contributed by atoms with Crippen LogP contribution >= 0.6 is 15.9 Å². The summed E-state index contributed by atoms with van der Waals surface area (Å²) < 4.78 is 5.21. The molecule has 1 amide bonds. The number of hydrogen-bond acceptors (Lipinski definition) is 4. The zero-order valence-electron chi connectivity index (χ0n) is 9.00. The molecular weight excluding hydrogens is 292 g/mol. The van der Waals surface area contributed by atoms with E-state index in [1.807, 2.05) is 0 Å². The van der Waals surface area contributed by atoms with Gasteiger partial charge in [0.1, 0.15) is 6.04 Å². The summed E-state index contributed by atoms with van der Waals surface area (Å²) in [5.74, 6) is -0.682. The average molecular weight is 303 g/mol. The zero-order valence-corrected chi connectivity index (χ0v) is 10.6. The second-order valence-electron chi connectivity index (χ2n) is 4.09. The third kappa shape index (κ3) is 1.87. The Labute approximate surface area is 106 Å². The SMILES string of the molecule is [N-]=[N+]=NC[C@]1(CBr)OC(=O)[C@H]2CCCN2C1=O. The molecule has 0 radical (unpaired) electrons. The van der Waals surface area contributed by atoms with Crippen LogP contribution in [0.15, 0.2) is 5.11 Å². The van der Waals surface area contributed by atoms with Gasteiger partial charge in [0.2, 0.25) is 5.60 Å². The number of carbonyl (C=O) groups excluding carboxylic acids is 2. The van der Waals surface area contributed by atoms with Crippen LogP contribution in [0.2, 0.25) is 0 Å². The Morgan fingerprint density at radius 2 is 2.41 bits per heavy atom. The highest BCUT2D eigenvalue weighted by Gasteiger charge is 2.53. The molecule has 2 fully saturated rings. The van der Waals surface area contributed by atoms with Crippen molar-refractivity contribution in [1.82, 2.24) is 4.90 Å². The highest BCUT2D eigenvalue weighted by atomic mass is 79.9. The summed E-state index contributed by atoms with van der Waals surface area (Å²) in [4.78, 5) is 28.2. The molecule has 0 unspecified atom stereocenters. The van der Waals surface area contributed by atoms with E-state index in [0.717, 1.165) is 6.42 Å². The van der Waals surface area contributed by atoms with Gasteiger partial charge < -0.3 is 9.64 Å². The number of nitrogens with zero attached hydrogens (tertiary/aromatic N) is 4. The highest BCUT2D eigenvalue weighted by molar-refractivity contribution is 9.09. The first-order chi connectivity index (χ1) is 8.14. The Hall–Kier alpha value is -1.27. The van der Waals surface area contributed by atoms with Crippen molar-refractivity contribution in [2.45, 2.75) is 24.5 Å². The van der Waals surface area contributed by atoms with Gasteiger partial charge in [0.15, 0.2) is 0 Å². The van der Waals surface area contributed by atoms with Crippen molar-refractivity contribution >= 4 is 27.8 Å².